The first kappa shape index (κ1) is 9.38. The maximum Gasteiger partial charge on any atom is 0.330 e. The molecule has 0 saturated carbocycles. The Bertz CT molecular complexity index is 460. The molecule has 6 nitrogen and oxygen atoms in total. The van der Waals surface area contributed by atoms with Gasteiger partial charge in [-0.15, -0.1) is 0 Å². The Balaban J connectivity index is 2.50. The third kappa shape index (κ3) is 1.58. The number of fused-ring (bicyclic) bond motifs is 1. The lowest BCUT2D eigenvalue weighted by Crippen LogP contribution is -2.25. The van der Waals surface area contributed by atoms with Crippen molar-refractivity contribution in [2.45, 2.75) is 0 Å². The van der Waals surface area contributed by atoms with E-state index in [4.69, 9.17) is 0 Å². The lowest BCUT2D eigenvalue weighted by atomic mass is 10.2. The Hall–Kier alpha value is -2.18. The number of nitrogens with one attached hydrogen (secondary N) is 1. The SMILES string of the molecule is O=C1CNc2cc([N+](=O)[O-])c(F)cc2O1. The molecule has 0 aromatic heterocycles. The van der Waals surface area contributed by atoms with E-state index in [9.17, 15) is 19.3 Å². The van der Waals surface area contributed by atoms with Gasteiger partial charge in [0.2, 0.25) is 5.82 Å². The van der Waals surface area contributed by atoms with Gasteiger partial charge in [-0.2, -0.15) is 4.39 Å². The van der Waals surface area contributed by atoms with Gasteiger partial charge in [-0.1, -0.05) is 0 Å². The Morgan fingerprint density at radius 1 is 1.53 bits per heavy atom. The van der Waals surface area contributed by atoms with Crippen LogP contribution >= 0.6 is 0 Å². The molecule has 0 unspecified atom stereocenters. The molecule has 0 radical (unpaired) electrons. The molecule has 78 valence electrons. The largest absolute Gasteiger partial charge is 0.423 e. The molecule has 1 aromatic carbocycles. The van der Waals surface area contributed by atoms with Crippen LogP contribution in [0.2, 0.25) is 0 Å². The van der Waals surface area contributed by atoms with Gasteiger partial charge in [0.1, 0.15) is 6.54 Å². The van der Waals surface area contributed by atoms with Crippen LogP contribution in [0.5, 0.6) is 5.75 Å². The van der Waals surface area contributed by atoms with Crippen molar-refractivity contribution < 1.29 is 18.8 Å². The Morgan fingerprint density at radius 2 is 2.27 bits per heavy atom. The second-order valence-electron chi connectivity index (χ2n) is 2.88. The van der Waals surface area contributed by atoms with Gasteiger partial charge in [-0.25, -0.2) is 4.79 Å². The van der Waals surface area contributed by atoms with E-state index in [1.54, 1.807) is 0 Å². The monoisotopic (exact) mass is 212 g/mol. The molecule has 0 amide bonds. The molecule has 2 rings (SSSR count). The molecule has 0 fully saturated rings. The summed E-state index contributed by atoms with van der Waals surface area (Å²) in [4.78, 5) is 20.4. The first-order valence-corrected chi connectivity index (χ1v) is 4.00. The fourth-order valence-electron chi connectivity index (χ4n) is 1.23. The van der Waals surface area contributed by atoms with E-state index >= 15 is 0 Å². The van der Waals surface area contributed by atoms with Gasteiger partial charge < -0.3 is 10.1 Å². The highest BCUT2D eigenvalue weighted by Crippen LogP contribution is 2.33. The highest BCUT2D eigenvalue weighted by atomic mass is 19.1. The van der Waals surface area contributed by atoms with E-state index in [1.165, 1.54) is 0 Å². The van der Waals surface area contributed by atoms with Crippen molar-refractivity contribution in [2.75, 3.05) is 11.9 Å². The number of esters is 1. The maximum atomic E-state index is 13.1. The molecule has 1 aliphatic heterocycles. The van der Waals surface area contributed by atoms with Gasteiger partial charge in [0, 0.05) is 12.1 Å². The average molecular weight is 212 g/mol. The van der Waals surface area contributed by atoms with Crippen molar-refractivity contribution in [2.24, 2.45) is 0 Å². The number of hydrogen-bond acceptors (Lipinski definition) is 5. The number of rotatable bonds is 1. The Labute approximate surface area is 82.8 Å². The highest BCUT2D eigenvalue weighted by molar-refractivity contribution is 5.84. The summed E-state index contributed by atoms with van der Waals surface area (Å²) in [6.07, 6.45) is 0. The summed E-state index contributed by atoms with van der Waals surface area (Å²) in [7, 11) is 0. The van der Waals surface area contributed by atoms with Crippen molar-refractivity contribution in [3.63, 3.8) is 0 Å². The van der Waals surface area contributed by atoms with Crippen LogP contribution in [0.3, 0.4) is 0 Å². The van der Waals surface area contributed by atoms with E-state index in [-0.39, 0.29) is 18.0 Å². The second kappa shape index (κ2) is 3.19. The minimum atomic E-state index is -1.03. The molecule has 1 N–H and O–H groups in total. The minimum Gasteiger partial charge on any atom is -0.423 e. The fourth-order valence-corrected chi connectivity index (χ4v) is 1.23. The lowest BCUT2D eigenvalue weighted by Gasteiger charge is -2.16. The first-order chi connectivity index (χ1) is 7.08. The highest BCUT2D eigenvalue weighted by Gasteiger charge is 2.23. The van der Waals surface area contributed by atoms with Crippen LogP contribution in [-0.2, 0) is 4.79 Å². The van der Waals surface area contributed by atoms with Crippen LogP contribution < -0.4 is 10.1 Å². The molecule has 0 bridgehead atoms. The molecule has 1 aromatic rings. The van der Waals surface area contributed by atoms with Gasteiger partial charge >= 0.3 is 11.7 Å². The number of anilines is 1. The zero-order valence-electron chi connectivity index (χ0n) is 7.32. The molecule has 0 spiro atoms. The number of nitrogens with zero attached hydrogens (tertiary/aromatic N) is 1. The number of ether oxygens (including phenoxy) is 1. The molecular formula is C8H5FN2O4. The number of carbonyl (C=O) groups excluding carboxylic acids is 1. The van der Waals surface area contributed by atoms with Crippen LogP contribution in [0.15, 0.2) is 12.1 Å². The predicted octanol–water partition coefficient (Wildman–Crippen LogP) is 1.06. The summed E-state index contributed by atoms with van der Waals surface area (Å²) < 4.78 is 17.8. The molecule has 7 heteroatoms. The summed E-state index contributed by atoms with van der Waals surface area (Å²) in [5.74, 6) is -1.62. The standard InChI is InChI=1S/C8H5FN2O4/c9-4-1-7-5(2-6(4)11(13)14)10-3-8(12)15-7/h1-2,10H,3H2. The summed E-state index contributed by atoms with van der Waals surface area (Å²) in [5.41, 5.74) is -0.415. The van der Waals surface area contributed by atoms with Gasteiger partial charge in [0.05, 0.1) is 10.6 Å². The third-order valence-electron chi connectivity index (χ3n) is 1.89. The minimum absolute atomic E-state index is 0.0330. The van der Waals surface area contributed by atoms with E-state index in [2.05, 4.69) is 10.1 Å². The summed E-state index contributed by atoms with van der Waals surface area (Å²) >= 11 is 0. The van der Waals surface area contributed by atoms with Crippen LogP contribution in [0.4, 0.5) is 15.8 Å². The Kier molecular flexibility index (Phi) is 2.00. The van der Waals surface area contributed by atoms with Gasteiger partial charge in [0.15, 0.2) is 5.75 Å². The predicted molar refractivity (Wildman–Crippen MR) is 47.2 cm³/mol. The Morgan fingerprint density at radius 3 is 2.93 bits per heavy atom. The molecule has 0 saturated heterocycles. The molecule has 0 aliphatic carbocycles. The van der Waals surface area contributed by atoms with Gasteiger partial charge in [0.25, 0.3) is 0 Å². The van der Waals surface area contributed by atoms with Crippen LogP contribution in [-0.4, -0.2) is 17.4 Å². The third-order valence-corrected chi connectivity index (χ3v) is 1.89. The normalized spacial score (nSPS) is 13.8. The first-order valence-electron chi connectivity index (χ1n) is 4.00. The van der Waals surface area contributed by atoms with Crippen molar-refractivity contribution in [3.8, 4) is 5.75 Å². The molecule has 15 heavy (non-hydrogen) atoms. The maximum absolute atomic E-state index is 13.1. The van der Waals surface area contributed by atoms with Crippen LogP contribution in [0, 0.1) is 15.9 Å². The number of halogens is 1. The van der Waals surface area contributed by atoms with E-state index < -0.39 is 22.4 Å². The molecule has 1 heterocycles. The second-order valence-corrected chi connectivity index (χ2v) is 2.88. The number of carbonyl (C=O) groups is 1. The quantitative estimate of drug-likeness (QED) is 0.326. The number of nitro groups is 1. The van der Waals surface area contributed by atoms with Gasteiger partial charge in [-0.05, 0) is 0 Å². The number of nitro benzene ring substituents is 1. The summed E-state index contributed by atoms with van der Waals surface area (Å²) in [6, 6.07) is 1.81. The number of benzene rings is 1. The molecule has 1 aliphatic rings. The van der Waals surface area contributed by atoms with E-state index in [1.807, 2.05) is 0 Å². The fraction of sp³-hybridized carbons (Fsp3) is 0.125. The summed E-state index contributed by atoms with van der Waals surface area (Å²) in [6.45, 7) is -0.0875. The van der Waals surface area contributed by atoms with Crippen molar-refractivity contribution >= 4 is 17.3 Å². The average Bonchev–Trinajstić information content (AvgIpc) is 2.15. The van der Waals surface area contributed by atoms with Crippen molar-refractivity contribution in [1.29, 1.82) is 0 Å². The smallest absolute Gasteiger partial charge is 0.330 e. The number of hydrogen-bond donors (Lipinski definition) is 1. The topological polar surface area (TPSA) is 81.5 Å². The van der Waals surface area contributed by atoms with Crippen molar-refractivity contribution in [3.05, 3.63) is 28.1 Å². The van der Waals surface area contributed by atoms with Gasteiger partial charge in [-0.3, -0.25) is 10.1 Å². The molecule has 0 atom stereocenters. The summed E-state index contributed by atoms with van der Waals surface area (Å²) in [5, 5.41) is 13.0. The molecular weight excluding hydrogens is 207 g/mol. The zero-order valence-corrected chi connectivity index (χ0v) is 7.32. The zero-order chi connectivity index (χ0) is 11.0. The lowest BCUT2D eigenvalue weighted by molar-refractivity contribution is -0.387. The van der Waals surface area contributed by atoms with E-state index in [0.717, 1.165) is 12.1 Å². The van der Waals surface area contributed by atoms with Crippen molar-refractivity contribution in [1.82, 2.24) is 0 Å². The van der Waals surface area contributed by atoms with Crippen LogP contribution in [0.1, 0.15) is 0 Å². The van der Waals surface area contributed by atoms with E-state index in [0.29, 0.717) is 0 Å². The van der Waals surface area contributed by atoms with Crippen LogP contribution in [0.25, 0.3) is 0 Å².